The summed E-state index contributed by atoms with van der Waals surface area (Å²) in [6, 6.07) is 4.59. The van der Waals surface area contributed by atoms with Gasteiger partial charge in [-0.15, -0.1) is 11.3 Å². The van der Waals surface area contributed by atoms with Crippen LogP contribution in [0.3, 0.4) is 0 Å². The van der Waals surface area contributed by atoms with Gasteiger partial charge in [0, 0.05) is 17.5 Å². The van der Waals surface area contributed by atoms with Gasteiger partial charge in [0.15, 0.2) is 0 Å². The van der Waals surface area contributed by atoms with Crippen LogP contribution >= 0.6 is 27.3 Å². The van der Waals surface area contributed by atoms with Crippen molar-refractivity contribution in [1.29, 1.82) is 0 Å². The Morgan fingerprint density at radius 2 is 2.44 bits per heavy atom. The first-order chi connectivity index (χ1) is 7.75. The molecule has 6 heteroatoms. The van der Waals surface area contributed by atoms with Gasteiger partial charge >= 0.3 is 0 Å². The Kier molecular flexibility index (Phi) is 4.09. The molecule has 86 valence electrons. The average Bonchev–Trinajstić information content (AvgIpc) is 2.89. The predicted molar refractivity (Wildman–Crippen MR) is 68.5 cm³/mol. The molecule has 2 aromatic heterocycles. The van der Waals surface area contributed by atoms with Crippen LogP contribution in [0.4, 0.5) is 0 Å². The summed E-state index contributed by atoms with van der Waals surface area (Å²) >= 11 is 5.23. The van der Waals surface area contributed by atoms with E-state index in [1.54, 1.807) is 24.0 Å². The highest BCUT2D eigenvalue weighted by atomic mass is 79.9. The minimum atomic E-state index is 0.375. The molecule has 2 aromatic rings. The van der Waals surface area contributed by atoms with Crippen LogP contribution in [0.25, 0.3) is 0 Å². The second-order valence-corrected chi connectivity index (χ2v) is 5.97. The van der Waals surface area contributed by atoms with Crippen molar-refractivity contribution in [3.8, 4) is 0 Å². The molecule has 0 saturated heterocycles. The number of hydrogen-bond donors (Lipinski definition) is 1. The summed E-state index contributed by atoms with van der Waals surface area (Å²) < 4.78 is 3.00. The van der Waals surface area contributed by atoms with E-state index in [4.69, 9.17) is 0 Å². The number of nitrogens with zero attached hydrogens (tertiary/aromatic N) is 3. The van der Waals surface area contributed by atoms with Crippen molar-refractivity contribution in [1.82, 2.24) is 20.1 Å². The van der Waals surface area contributed by atoms with Gasteiger partial charge in [0.25, 0.3) is 0 Å². The molecule has 2 heterocycles. The number of halogens is 1. The smallest absolute Gasteiger partial charge is 0.137 e. The van der Waals surface area contributed by atoms with Crippen LogP contribution in [0.5, 0.6) is 0 Å². The topological polar surface area (TPSA) is 42.7 Å². The first kappa shape index (κ1) is 11.8. The second kappa shape index (κ2) is 5.56. The van der Waals surface area contributed by atoms with E-state index < -0.39 is 0 Å². The standard InChI is InChI=1S/C10H13BrN4S/c1-8(9-2-3-10(11)16-9)13-4-5-15-7-12-6-14-15/h2-3,6-8,13H,4-5H2,1H3. The van der Waals surface area contributed by atoms with Crippen LogP contribution in [-0.4, -0.2) is 21.3 Å². The number of hydrogen-bond acceptors (Lipinski definition) is 4. The van der Waals surface area contributed by atoms with E-state index in [1.807, 2.05) is 4.68 Å². The average molecular weight is 301 g/mol. The fourth-order valence-electron chi connectivity index (χ4n) is 1.41. The van der Waals surface area contributed by atoms with Crippen molar-refractivity contribution >= 4 is 27.3 Å². The molecule has 2 rings (SSSR count). The summed E-state index contributed by atoms with van der Waals surface area (Å²) in [6.45, 7) is 3.90. The van der Waals surface area contributed by atoms with Gasteiger partial charge in [-0.3, -0.25) is 4.68 Å². The molecule has 0 aliphatic rings. The van der Waals surface area contributed by atoms with Gasteiger partial charge in [-0.05, 0) is 35.0 Å². The fourth-order valence-corrected chi connectivity index (χ4v) is 2.86. The molecule has 0 aliphatic heterocycles. The molecule has 0 spiro atoms. The maximum absolute atomic E-state index is 4.05. The van der Waals surface area contributed by atoms with Crippen LogP contribution in [0.2, 0.25) is 0 Å². The summed E-state index contributed by atoms with van der Waals surface area (Å²) in [5.74, 6) is 0. The number of rotatable bonds is 5. The molecule has 1 N–H and O–H groups in total. The Bertz CT molecular complexity index is 426. The molecule has 0 bridgehead atoms. The van der Waals surface area contributed by atoms with Crippen molar-refractivity contribution < 1.29 is 0 Å². The fraction of sp³-hybridized carbons (Fsp3) is 0.400. The SMILES string of the molecule is CC(NCCn1cncn1)c1ccc(Br)s1. The normalized spacial score (nSPS) is 12.9. The van der Waals surface area contributed by atoms with Crippen LogP contribution in [0, 0.1) is 0 Å². The number of aromatic nitrogens is 3. The summed E-state index contributed by atoms with van der Waals surface area (Å²) in [5.41, 5.74) is 0. The maximum Gasteiger partial charge on any atom is 0.137 e. The Hall–Kier alpha value is -0.720. The Morgan fingerprint density at radius 3 is 3.06 bits per heavy atom. The minimum absolute atomic E-state index is 0.375. The lowest BCUT2D eigenvalue weighted by atomic mass is 10.3. The zero-order valence-corrected chi connectivity index (χ0v) is 11.3. The molecule has 16 heavy (non-hydrogen) atoms. The molecule has 4 nitrogen and oxygen atoms in total. The van der Waals surface area contributed by atoms with Gasteiger partial charge in [-0.25, -0.2) is 4.98 Å². The highest BCUT2D eigenvalue weighted by Gasteiger charge is 2.06. The Labute approximate surface area is 107 Å². The van der Waals surface area contributed by atoms with Crippen molar-refractivity contribution in [2.24, 2.45) is 0 Å². The predicted octanol–water partition coefficient (Wildman–Crippen LogP) is 2.45. The largest absolute Gasteiger partial charge is 0.308 e. The van der Waals surface area contributed by atoms with Gasteiger partial charge in [-0.1, -0.05) is 0 Å². The highest BCUT2D eigenvalue weighted by molar-refractivity contribution is 9.11. The van der Waals surface area contributed by atoms with Crippen molar-refractivity contribution in [3.05, 3.63) is 33.5 Å². The lowest BCUT2D eigenvalue weighted by Crippen LogP contribution is -2.22. The van der Waals surface area contributed by atoms with Crippen LogP contribution in [0.15, 0.2) is 28.6 Å². The summed E-state index contributed by atoms with van der Waals surface area (Å²) in [4.78, 5) is 5.24. The molecule has 0 aliphatic carbocycles. The highest BCUT2D eigenvalue weighted by Crippen LogP contribution is 2.26. The van der Waals surface area contributed by atoms with E-state index in [0.717, 1.165) is 13.1 Å². The van der Waals surface area contributed by atoms with Gasteiger partial charge in [0.05, 0.1) is 10.3 Å². The first-order valence-corrected chi connectivity index (χ1v) is 6.67. The van der Waals surface area contributed by atoms with Crippen LogP contribution in [0.1, 0.15) is 17.8 Å². The molecular formula is C10H13BrN4S. The first-order valence-electron chi connectivity index (χ1n) is 5.07. The summed E-state index contributed by atoms with van der Waals surface area (Å²) in [7, 11) is 0. The van der Waals surface area contributed by atoms with Crippen LogP contribution in [-0.2, 0) is 6.54 Å². The number of thiophene rings is 1. The monoisotopic (exact) mass is 300 g/mol. The van der Waals surface area contributed by atoms with Crippen molar-refractivity contribution in [3.63, 3.8) is 0 Å². The quantitative estimate of drug-likeness (QED) is 0.922. The van der Waals surface area contributed by atoms with Gasteiger partial charge in [0.1, 0.15) is 12.7 Å². The molecule has 1 unspecified atom stereocenters. The lowest BCUT2D eigenvalue weighted by molar-refractivity contribution is 0.510. The van der Waals surface area contributed by atoms with Crippen LogP contribution < -0.4 is 5.32 Å². The molecule has 0 saturated carbocycles. The van der Waals surface area contributed by atoms with Gasteiger partial charge in [0.2, 0.25) is 0 Å². The Balaban J connectivity index is 1.78. The molecule has 0 amide bonds. The van der Waals surface area contributed by atoms with E-state index in [9.17, 15) is 0 Å². The van der Waals surface area contributed by atoms with Crippen molar-refractivity contribution in [2.75, 3.05) is 6.54 Å². The molecular weight excluding hydrogens is 288 g/mol. The zero-order chi connectivity index (χ0) is 11.4. The zero-order valence-electron chi connectivity index (χ0n) is 8.93. The minimum Gasteiger partial charge on any atom is -0.308 e. The van der Waals surface area contributed by atoms with E-state index in [2.05, 4.69) is 50.4 Å². The van der Waals surface area contributed by atoms with Crippen molar-refractivity contribution in [2.45, 2.75) is 19.5 Å². The molecule has 0 aromatic carbocycles. The van der Waals surface area contributed by atoms with E-state index >= 15 is 0 Å². The third-order valence-electron chi connectivity index (χ3n) is 2.28. The lowest BCUT2D eigenvalue weighted by Gasteiger charge is -2.11. The summed E-state index contributed by atoms with van der Waals surface area (Å²) in [6.07, 6.45) is 3.29. The maximum atomic E-state index is 4.05. The molecule has 0 radical (unpaired) electrons. The second-order valence-electron chi connectivity index (χ2n) is 3.48. The van der Waals surface area contributed by atoms with E-state index in [-0.39, 0.29) is 0 Å². The summed E-state index contributed by atoms with van der Waals surface area (Å²) in [5, 5.41) is 7.50. The molecule has 0 fully saturated rings. The van der Waals surface area contributed by atoms with E-state index in [1.165, 1.54) is 8.66 Å². The third-order valence-corrected chi connectivity index (χ3v) is 4.09. The van der Waals surface area contributed by atoms with E-state index in [0.29, 0.717) is 6.04 Å². The third kappa shape index (κ3) is 3.13. The Morgan fingerprint density at radius 1 is 1.56 bits per heavy atom. The molecule has 1 atom stereocenters. The number of nitrogens with one attached hydrogen (secondary N) is 1. The van der Waals surface area contributed by atoms with Gasteiger partial charge < -0.3 is 5.32 Å². The van der Waals surface area contributed by atoms with Gasteiger partial charge in [-0.2, -0.15) is 5.10 Å².